The summed E-state index contributed by atoms with van der Waals surface area (Å²) in [5, 5.41) is 8.62. The van der Waals surface area contributed by atoms with Gasteiger partial charge in [0.15, 0.2) is 0 Å². The molecule has 1 fully saturated rings. The zero-order chi connectivity index (χ0) is 13.7. The highest BCUT2D eigenvalue weighted by molar-refractivity contribution is 7.89. The van der Waals surface area contributed by atoms with E-state index in [4.69, 9.17) is 5.26 Å². The number of hydrogen-bond acceptors (Lipinski definition) is 3. The average Bonchev–Trinajstić information content (AvgIpc) is 3.23. The Balaban J connectivity index is 1.98. The Labute approximate surface area is 114 Å². The zero-order valence-electron chi connectivity index (χ0n) is 10.8. The molecule has 1 aromatic rings. The van der Waals surface area contributed by atoms with E-state index in [-0.39, 0.29) is 18.2 Å². The fraction of sp³-hybridized carbons (Fsp3) is 0.500. The molecule has 0 heterocycles. The second-order valence-corrected chi connectivity index (χ2v) is 6.84. The number of nitriles is 1. The van der Waals surface area contributed by atoms with E-state index < -0.39 is 10.0 Å². The summed E-state index contributed by atoms with van der Waals surface area (Å²) >= 11 is 0. The van der Waals surface area contributed by atoms with E-state index >= 15 is 0 Å². The number of hydrogen-bond donors (Lipinski definition) is 0. The van der Waals surface area contributed by atoms with Crippen molar-refractivity contribution in [3.8, 4) is 6.07 Å². The van der Waals surface area contributed by atoms with Gasteiger partial charge in [-0.3, -0.25) is 0 Å². The van der Waals surface area contributed by atoms with Crippen LogP contribution in [0.5, 0.6) is 0 Å². The van der Waals surface area contributed by atoms with Crippen LogP contribution in [-0.4, -0.2) is 31.1 Å². The summed E-state index contributed by atoms with van der Waals surface area (Å²) in [6, 6.07) is 11.8. The molecule has 2 rings (SSSR count). The third kappa shape index (κ3) is 4.05. The van der Waals surface area contributed by atoms with Gasteiger partial charge in [0.25, 0.3) is 0 Å². The molecule has 0 unspecified atom stereocenters. The summed E-state index contributed by atoms with van der Waals surface area (Å²) in [6.45, 7) is 0.332. The van der Waals surface area contributed by atoms with Crippen molar-refractivity contribution in [2.75, 3.05) is 12.3 Å². The molecular formula is C14H18N2O2S. The van der Waals surface area contributed by atoms with Gasteiger partial charge in [0.05, 0.1) is 11.8 Å². The summed E-state index contributed by atoms with van der Waals surface area (Å²) in [7, 11) is -3.25. The van der Waals surface area contributed by atoms with Crippen LogP contribution in [0.3, 0.4) is 0 Å². The summed E-state index contributed by atoms with van der Waals surface area (Å²) in [6.07, 6.45) is 2.64. The average molecular weight is 278 g/mol. The van der Waals surface area contributed by atoms with Crippen LogP contribution in [0.2, 0.25) is 0 Å². The Morgan fingerprint density at radius 2 is 1.95 bits per heavy atom. The normalized spacial score (nSPS) is 15.4. The highest BCUT2D eigenvalue weighted by atomic mass is 32.2. The Kier molecular flexibility index (Phi) is 4.56. The van der Waals surface area contributed by atoms with Gasteiger partial charge >= 0.3 is 0 Å². The second-order valence-electron chi connectivity index (χ2n) is 4.80. The van der Waals surface area contributed by atoms with Crippen molar-refractivity contribution in [3.63, 3.8) is 0 Å². The van der Waals surface area contributed by atoms with Crippen LogP contribution < -0.4 is 0 Å². The predicted octanol–water partition coefficient (Wildman–Crippen LogP) is 1.94. The Morgan fingerprint density at radius 1 is 1.26 bits per heavy atom. The molecule has 19 heavy (non-hydrogen) atoms. The smallest absolute Gasteiger partial charge is 0.212 e. The summed E-state index contributed by atoms with van der Waals surface area (Å²) in [5.74, 6) is 0.124. The van der Waals surface area contributed by atoms with Crippen LogP contribution in [0, 0.1) is 11.3 Å². The molecule has 0 bridgehead atoms. The van der Waals surface area contributed by atoms with Crippen molar-refractivity contribution in [1.82, 2.24) is 4.31 Å². The fourth-order valence-corrected chi connectivity index (χ4v) is 3.84. The quantitative estimate of drug-likeness (QED) is 0.765. The third-order valence-corrected chi connectivity index (χ3v) is 5.16. The number of nitrogens with zero attached hydrogens (tertiary/aromatic N) is 2. The largest absolute Gasteiger partial charge is 0.214 e. The first-order valence-corrected chi connectivity index (χ1v) is 8.15. The first kappa shape index (κ1) is 14.0. The van der Waals surface area contributed by atoms with E-state index in [9.17, 15) is 8.42 Å². The van der Waals surface area contributed by atoms with Crippen molar-refractivity contribution in [1.29, 1.82) is 5.26 Å². The number of sulfonamides is 1. The first-order valence-electron chi connectivity index (χ1n) is 6.54. The molecule has 0 atom stereocenters. The van der Waals surface area contributed by atoms with Crippen molar-refractivity contribution < 1.29 is 8.42 Å². The molecule has 1 aromatic carbocycles. The van der Waals surface area contributed by atoms with Gasteiger partial charge in [-0.15, -0.1) is 0 Å². The Morgan fingerprint density at radius 3 is 2.53 bits per heavy atom. The van der Waals surface area contributed by atoms with Gasteiger partial charge in [0.1, 0.15) is 0 Å². The molecule has 0 spiro atoms. The lowest BCUT2D eigenvalue weighted by molar-refractivity contribution is 0.410. The van der Waals surface area contributed by atoms with E-state index in [1.54, 1.807) is 0 Å². The van der Waals surface area contributed by atoms with Gasteiger partial charge in [-0.25, -0.2) is 8.42 Å². The fourth-order valence-electron chi connectivity index (χ4n) is 2.08. The van der Waals surface area contributed by atoms with Gasteiger partial charge in [-0.05, 0) is 24.8 Å². The Bertz CT molecular complexity index is 545. The predicted molar refractivity (Wildman–Crippen MR) is 73.9 cm³/mol. The van der Waals surface area contributed by atoms with E-state index in [0.717, 1.165) is 18.4 Å². The van der Waals surface area contributed by atoms with Gasteiger partial charge in [0.2, 0.25) is 10.0 Å². The molecule has 0 aliphatic heterocycles. The van der Waals surface area contributed by atoms with Crippen LogP contribution in [0.4, 0.5) is 0 Å². The van der Waals surface area contributed by atoms with Crippen LogP contribution in [0.25, 0.3) is 0 Å². The molecular weight excluding hydrogens is 260 g/mol. The van der Waals surface area contributed by atoms with Crippen LogP contribution in [0.1, 0.15) is 24.8 Å². The zero-order valence-corrected chi connectivity index (χ0v) is 11.6. The summed E-state index contributed by atoms with van der Waals surface area (Å²) in [5.41, 5.74) is 1.03. The molecule has 0 radical (unpaired) electrons. The minimum atomic E-state index is -3.25. The maximum atomic E-state index is 12.3. The molecule has 5 heteroatoms. The molecule has 0 N–H and O–H groups in total. The van der Waals surface area contributed by atoms with E-state index in [1.807, 2.05) is 36.4 Å². The lowest BCUT2D eigenvalue weighted by atomic mass is 10.2. The van der Waals surface area contributed by atoms with Crippen molar-refractivity contribution in [3.05, 3.63) is 35.9 Å². The highest BCUT2D eigenvalue weighted by Gasteiger charge is 2.36. The minimum absolute atomic E-state index is 0.124. The summed E-state index contributed by atoms with van der Waals surface area (Å²) < 4.78 is 26.1. The molecule has 1 aliphatic rings. The standard InChI is InChI=1S/C14H18N2O2S/c15-10-4-11-16(14-7-8-14)19(17,18)12-9-13-5-2-1-3-6-13/h1-3,5-6,14H,4,7-9,11-12H2. The number of rotatable bonds is 7. The molecule has 1 aliphatic carbocycles. The SMILES string of the molecule is N#CCCN(C1CC1)S(=O)(=O)CCc1ccccc1. The van der Waals surface area contributed by atoms with Gasteiger partial charge in [-0.2, -0.15) is 9.57 Å². The molecule has 4 nitrogen and oxygen atoms in total. The molecule has 0 aromatic heterocycles. The van der Waals surface area contributed by atoms with Crippen LogP contribution in [-0.2, 0) is 16.4 Å². The lowest BCUT2D eigenvalue weighted by Gasteiger charge is -2.20. The second kappa shape index (κ2) is 6.18. The third-order valence-electron chi connectivity index (χ3n) is 3.25. The first-order chi connectivity index (χ1) is 9.13. The maximum absolute atomic E-state index is 12.3. The molecule has 0 amide bonds. The van der Waals surface area contributed by atoms with E-state index in [0.29, 0.717) is 13.0 Å². The summed E-state index contributed by atoms with van der Waals surface area (Å²) in [4.78, 5) is 0. The molecule has 0 saturated heterocycles. The van der Waals surface area contributed by atoms with Crippen LogP contribution in [0.15, 0.2) is 30.3 Å². The maximum Gasteiger partial charge on any atom is 0.214 e. The van der Waals surface area contributed by atoms with Gasteiger partial charge in [0, 0.05) is 19.0 Å². The van der Waals surface area contributed by atoms with Crippen molar-refractivity contribution in [2.24, 2.45) is 0 Å². The molecule has 102 valence electrons. The number of benzene rings is 1. The van der Waals surface area contributed by atoms with Crippen LogP contribution >= 0.6 is 0 Å². The monoisotopic (exact) mass is 278 g/mol. The van der Waals surface area contributed by atoms with Gasteiger partial charge in [-0.1, -0.05) is 30.3 Å². The van der Waals surface area contributed by atoms with Crippen molar-refractivity contribution >= 4 is 10.0 Å². The molecule has 1 saturated carbocycles. The number of aryl methyl sites for hydroxylation is 1. The minimum Gasteiger partial charge on any atom is -0.212 e. The topological polar surface area (TPSA) is 61.2 Å². The van der Waals surface area contributed by atoms with E-state index in [2.05, 4.69) is 0 Å². The highest BCUT2D eigenvalue weighted by Crippen LogP contribution is 2.29. The Hall–Kier alpha value is -1.38. The van der Waals surface area contributed by atoms with Gasteiger partial charge < -0.3 is 0 Å². The van der Waals surface area contributed by atoms with Crippen molar-refractivity contribution in [2.45, 2.75) is 31.7 Å². The lowest BCUT2D eigenvalue weighted by Crippen LogP contribution is -2.36. The van der Waals surface area contributed by atoms with E-state index in [1.165, 1.54) is 4.31 Å².